The van der Waals surface area contributed by atoms with Gasteiger partial charge < -0.3 is 15.3 Å². The summed E-state index contributed by atoms with van der Waals surface area (Å²) in [4.78, 5) is 23.0. The number of alkyl halides is 3. The number of urea groups is 1. The first-order valence-corrected chi connectivity index (χ1v) is 11.8. The van der Waals surface area contributed by atoms with Gasteiger partial charge in [0.25, 0.3) is 0 Å². The van der Waals surface area contributed by atoms with Crippen LogP contribution >= 0.6 is 11.6 Å². The molecule has 3 heterocycles. The van der Waals surface area contributed by atoms with Crippen LogP contribution in [0, 0.1) is 0 Å². The average Bonchev–Trinajstić information content (AvgIpc) is 3.28. The fraction of sp³-hybridized carbons (Fsp3) is 0.292. The summed E-state index contributed by atoms with van der Waals surface area (Å²) in [6.45, 7) is 1.08. The molecule has 0 saturated carbocycles. The molecule has 2 N–H and O–H groups in total. The SMILES string of the molecule is O=C(Nc1ccc(C(F)(F)F)cc1)N1CCC(c2nc(O)c3nnn(Cc4ccccc4Cl)c3n2)CC1. The Kier molecular flexibility index (Phi) is 6.59. The summed E-state index contributed by atoms with van der Waals surface area (Å²) in [5, 5.41) is 21.7. The van der Waals surface area contributed by atoms with Gasteiger partial charge in [-0.05, 0) is 48.7 Å². The molecule has 4 aromatic rings. The normalized spacial score (nSPS) is 14.8. The van der Waals surface area contributed by atoms with Gasteiger partial charge in [-0.2, -0.15) is 18.2 Å². The molecular weight excluding hydrogens is 511 g/mol. The van der Waals surface area contributed by atoms with Crippen molar-refractivity contribution in [3.8, 4) is 5.88 Å². The zero-order chi connectivity index (χ0) is 26.2. The summed E-state index contributed by atoms with van der Waals surface area (Å²) >= 11 is 6.27. The van der Waals surface area contributed by atoms with E-state index >= 15 is 0 Å². The summed E-state index contributed by atoms with van der Waals surface area (Å²) in [7, 11) is 0. The van der Waals surface area contributed by atoms with Crippen LogP contribution in [0.1, 0.15) is 35.7 Å². The number of amides is 2. The standard InChI is InChI=1S/C24H21ClF3N7O2/c25-18-4-2-1-3-15(18)13-35-21-19(32-33-35)22(36)31-20(30-21)14-9-11-34(12-10-14)23(37)29-17-7-5-16(6-8-17)24(26,27)28/h1-8,14H,9-13H2,(H,29,37)(H,30,31,36). The van der Waals surface area contributed by atoms with Crippen molar-refractivity contribution in [2.24, 2.45) is 0 Å². The van der Waals surface area contributed by atoms with Crippen LogP contribution in [0.2, 0.25) is 5.02 Å². The Hall–Kier alpha value is -3.93. The minimum absolute atomic E-state index is 0.117. The second-order valence-corrected chi connectivity index (χ2v) is 9.09. The number of benzene rings is 2. The molecule has 0 aliphatic carbocycles. The number of fused-ring (bicyclic) bond motifs is 1. The first kappa shape index (κ1) is 24.8. The summed E-state index contributed by atoms with van der Waals surface area (Å²) in [6, 6.07) is 11.2. The average molecular weight is 532 g/mol. The zero-order valence-corrected chi connectivity index (χ0v) is 20.0. The van der Waals surface area contributed by atoms with Crippen molar-refractivity contribution in [1.82, 2.24) is 29.9 Å². The van der Waals surface area contributed by atoms with E-state index in [2.05, 4.69) is 25.6 Å². The molecule has 2 amide bonds. The van der Waals surface area contributed by atoms with Gasteiger partial charge in [0.05, 0.1) is 12.1 Å². The Labute approximate surface area is 213 Å². The van der Waals surface area contributed by atoms with Gasteiger partial charge in [0.2, 0.25) is 5.88 Å². The van der Waals surface area contributed by atoms with Crippen LogP contribution in [-0.2, 0) is 12.7 Å². The summed E-state index contributed by atoms with van der Waals surface area (Å²) in [6.07, 6.45) is -3.36. The van der Waals surface area contributed by atoms with E-state index in [0.29, 0.717) is 49.0 Å². The van der Waals surface area contributed by atoms with Crippen molar-refractivity contribution < 1.29 is 23.1 Å². The van der Waals surface area contributed by atoms with Gasteiger partial charge in [0.15, 0.2) is 11.2 Å². The first-order chi connectivity index (χ1) is 17.7. The number of piperidine rings is 1. The fourth-order valence-corrected chi connectivity index (χ4v) is 4.42. The smallest absolute Gasteiger partial charge is 0.416 e. The van der Waals surface area contributed by atoms with Gasteiger partial charge in [0.1, 0.15) is 5.82 Å². The fourth-order valence-electron chi connectivity index (χ4n) is 4.22. The molecule has 0 radical (unpaired) electrons. The lowest BCUT2D eigenvalue weighted by Gasteiger charge is -2.31. The molecule has 2 aromatic heterocycles. The van der Waals surface area contributed by atoms with E-state index in [1.54, 1.807) is 15.6 Å². The Morgan fingerprint density at radius 1 is 1.08 bits per heavy atom. The van der Waals surface area contributed by atoms with Gasteiger partial charge in [0, 0.05) is 29.7 Å². The predicted molar refractivity (Wildman–Crippen MR) is 129 cm³/mol. The number of halogens is 4. The predicted octanol–water partition coefficient (Wildman–Crippen LogP) is 5.06. The van der Waals surface area contributed by atoms with E-state index in [4.69, 9.17) is 11.6 Å². The van der Waals surface area contributed by atoms with E-state index in [1.165, 1.54) is 12.1 Å². The number of rotatable bonds is 4. The van der Waals surface area contributed by atoms with Crippen molar-refractivity contribution >= 4 is 34.5 Å². The number of anilines is 1. The molecule has 0 atom stereocenters. The van der Waals surface area contributed by atoms with Crippen LogP contribution in [0.15, 0.2) is 48.5 Å². The third kappa shape index (κ3) is 5.29. The quantitative estimate of drug-likeness (QED) is 0.381. The van der Waals surface area contributed by atoms with Crippen molar-refractivity contribution in [2.75, 3.05) is 18.4 Å². The molecule has 0 unspecified atom stereocenters. The zero-order valence-electron chi connectivity index (χ0n) is 19.3. The highest BCUT2D eigenvalue weighted by molar-refractivity contribution is 6.31. The van der Waals surface area contributed by atoms with Gasteiger partial charge in [-0.15, -0.1) is 5.10 Å². The lowest BCUT2D eigenvalue weighted by molar-refractivity contribution is -0.137. The van der Waals surface area contributed by atoms with Crippen LogP contribution in [0.5, 0.6) is 5.88 Å². The second-order valence-electron chi connectivity index (χ2n) is 8.68. The highest BCUT2D eigenvalue weighted by Gasteiger charge is 2.30. The highest BCUT2D eigenvalue weighted by Crippen LogP contribution is 2.31. The lowest BCUT2D eigenvalue weighted by atomic mass is 9.96. The minimum atomic E-state index is -4.44. The Morgan fingerprint density at radius 2 is 1.78 bits per heavy atom. The van der Waals surface area contributed by atoms with E-state index < -0.39 is 17.8 Å². The van der Waals surface area contributed by atoms with Crippen LogP contribution in [0.3, 0.4) is 0 Å². The van der Waals surface area contributed by atoms with Crippen LogP contribution in [-0.4, -0.2) is 54.1 Å². The molecule has 1 aliphatic rings. The Morgan fingerprint density at radius 3 is 2.46 bits per heavy atom. The molecule has 0 spiro atoms. The summed E-state index contributed by atoms with van der Waals surface area (Å²) in [5.74, 6) is 0.0393. The third-order valence-electron chi connectivity index (χ3n) is 6.25. The first-order valence-electron chi connectivity index (χ1n) is 11.5. The van der Waals surface area contributed by atoms with E-state index in [1.807, 2.05) is 18.2 Å². The number of carbonyl (C=O) groups is 1. The van der Waals surface area contributed by atoms with Crippen molar-refractivity contribution in [3.05, 3.63) is 70.5 Å². The number of aromatic hydroxyl groups is 1. The highest BCUT2D eigenvalue weighted by atomic mass is 35.5. The van der Waals surface area contributed by atoms with Crippen LogP contribution in [0.4, 0.5) is 23.7 Å². The van der Waals surface area contributed by atoms with Gasteiger partial charge in [-0.1, -0.05) is 35.0 Å². The molecule has 2 aromatic carbocycles. The number of nitrogens with zero attached hydrogens (tertiary/aromatic N) is 6. The molecule has 192 valence electrons. The van der Waals surface area contributed by atoms with Crippen LogP contribution in [0.25, 0.3) is 11.2 Å². The number of nitrogens with one attached hydrogen (secondary N) is 1. The van der Waals surface area contributed by atoms with Gasteiger partial charge >= 0.3 is 12.2 Å². The van der Waals surface area contributed by atoms with Gasteiger partial charge in [-0.25, -0.2) is 14.5 Å². The molecule has 9 nitrogen and oxygen atoms in total. The molecule has 1 fully saturated rings. The maximum absolute atomic E-state index is 12.7. The van der Waals surface area contributed by atoms with Crippen LogP contribution < -0.4 is 5.32 Å². The monoisotopic (exact) mass is 531 g/mol. The number of hydrogen-bond acceptors (Lipinski definition) is 6. The third-order valence-corrected chi connectivity index (χ3v) is 6.62. The summed E-state index contributed by atoms with van der Waals surface area (Å²) < 4.78 is 39.8. The van der Waals surface area contributed by atoms with Crippen molar-refractivity contribution in [1.29, 1.82) is 0 Å². The van der Waals surface area contributed by atoms with Gasteiger partial charge in [-0.3, -0.25) is 0 Å². The van der Waals surface area contributed by atoms with E-state index in [-0.39, 0.29) is 23.0 Å². The number of aromatic nitrogens is 5. The van der Waals surface area contributed by atoms with Crippen molar-refractivity contribution in [2.45, 2.75) is 31.5 Å². The topological polar surface area (TPSA) is 109 Å². The lowest BCUT2D eigenvalue weighted by Crippen LogP contribution is -2.40. The minimum Gasteiger partial charge on any atom is -0.492 e. The summed E-state index contributed by atoms with van der Waals surface area (Å²) in [5.41, 5.74) is 0.880. The molecule has 13 heteroatoms. The maximum atomic E-state index is 12.7. The molecular formula is C24H21ClF3N7O2. The molecule has 0 bridgehead atoms. The molecule has 1 saturated heterocycles. The van der Waals surface area contributed by atoms with E-state index in [0.717, 1.165) is 17.7 Å². The Bertz CT molecular complexity index is 1430. The molecule has 1 aliphatic heterocycles. The second kappa shape index (κ2) is 9.85. The number of hydrogen-bond donors (Lipinski definition) is 2. The van der Waals surface area contributed by atoms with Crippen molar-refractivity contribution in [3.63, 3.8) is 0 Å². The largest absolute Gasteiger partial charge is 0.492 e. The Balaban J connectivity index is 1.26. The molecule has 37 heavy (non-hydrogen) atoms. The molecule has 5 rings (SSSR count). The maximum Gasteiger partial charge on any atom is 0.416 e. The number of likely N-dealkylation sites (tertiary alicyclic amines) is 1. The van der Waals surface area contributed by atoms with E-state index in [9.17, 15) is 23.1 Å². The number of carbonyl (C=O) groups excluding carboxylic acids is 1.